The fraction of sp³-hybridized carbons (Fsp3) is 0.533. The van der Waals surface area contributed by atoms with E-state index < -0.39 is 0 Å². The van der Waals surface area contributed by atoms with Gasteiger partial charge in [0.2, 0.25) is 0 Å². The summed E-state index contributed by atoms with van der Waals surface area (Å²) < 4.78 is 12.9. The smallest absolute Gasteiger partial charge is 0.188 e. The quantitative estimate of drug-likeness (QED) is 0.461. The lowest BCUT2D eigenvalue weighted by molar-refractivity contribution is 0.617. The van der Waals surface area contributed by atoms with Gasteiger partial charge in [0, 0.05) is 12.0 Å². The summed E-state index contributed by atoms with van der Waals surface area (Å²) in [5, 5.41) is 3.11. The zero-order valence-corrected chi connectivity index (χ0v) is 14.4. The molecule has 1 saturated carbocycles. The minimum Gasteiger partial charge on any atom is -0.370 e. The molecule has 0 bridgehead atoms. The molecule has 0 spiro atoms. The number of hydrogen-bond donors (Lipinski definition) is 2. The molecule has 5 heteroatoms. The fourth-order valence-corrected chi connectivity index (χ4v) is 2.09. The Morgan fingerprint density at radius 2 is 1.95 bits per heavy atom. The van der Waals surface area contributed by atoms with Crippen molar-refractivity contribution in [3.05, 3.63) is 35.6 Å². The predicted molar refractivity (Wildman–Crippen MR) is 92.1 cm³/mol. The summed E-state index contributed by atoms with van der Waals surface area (Å²) in [4.78, 5) is 4.42. The van der Waals surface area contributed by atoms with Crippen LogP contribution >= 0.6 is 24.0 Å². The van der Waals surface area contributed by atoms with Gasteiger partial charge < -0.3 is 11.1 Å². The molecule has 1 aromatic rings. The third-order valence-electron chi connectivity index (χ3n) is 3.55. The van der Waals surface area contributed by atoms with Gasteiger partial charge in [-0.3, -0.25) is 4.99 Å². The average molecular weight is 391 g/mol. The average Bonchev–Trinajstić information content (AvgIpc) is 3.16. The maximum Gasteiger partial charge on any atom is 0.188 e. The summed E-state index contributed by atoms with van der Waals surface area (Å²) in [6, 6.07) is 6.74. The molecule has 0 aliphatic heterocycles. The van der Waals surface area contributed by atoms with Crippen molar-refractivity contribution in [2.24, 2.45) is 16.6 Å². The number of hydrogen-bond acceptors (Lipinski definition) is 1. The van der Waals surface area contributed by atoms with Crippen LogP contribution in [0.4, 0.5) is 4.39 Å². The fourth-order valence-electron chi connectivity index (χ4n) is 2.09. The summed E-state index contributed by atoms with van der Waals surface area (Å²) in [5.41, 5.74) is 7.08. The van der Waals surface area contributed by atoms with Crippen molar-refractivity contribution in [1.29, 1.82) is 0 Å². The van der Waals surface area contributed by atoms with E-state index in [1.165, 1.54) is 12.1 Å². The van der Waals surface area contributed by atoms with Gasteiger partial charge in [0.05, 0.1) is 6.54 Å². The Morgan fingerprint density at radius 1 is 1.35 bits per heavy atom. The predicted octanol–water partition coefficient (Wildman–Crippen LogP) is 3.04. The van der Waals surface area contributed by atoms with Crippen molar-refractivity contribution in [3.63, 3.8) is 0 Å². The van der Waals surface area contributed by atoms with Gasteiger partial charge in [0.25, 0.3) is 0 Å². The van der Waals surface area contributed by atoms with E-state index in [0.717, 1.165) is 24.9 Å². The van der Waals surface area contributed by atoms with Gasteiger partial charge in [0.1, 0.15) is 5.82 Å². The van der Waals surface area contributed by atoms with Gasteiger partial charge in [-0.2, -0.15) is 0 Å². The van der Waals surface area contributed by atoms with Crippen LogP contribution in [0.25, 0.3) is 0 Å². The summed E-state index contributed by atoms with van der Waals surface area (Å²) in [6.45, 7) is 5.76. The van der Waals surface area contributed by atoms with E-state index in [2.05, 4.69) is 24.2 Å². The second kappa shape index (κ2) is 7.24. The van der Waals surface area contributed by atoms with Crippen LogP contribution in [0.5, 0.6) is 0 Å². The molecule has 0 heterocycles. The number of aliphatic imine (C=N–C) groups is 1. The first-order chi connectivity index (χ1) is 9.02. The van der Waals surface area contributed by atoms with Gasteiger partial charge in [-0.1, -0.05) is 26.0 Å². The van der Waals surface area contributed by atoms with Gasteiger partial charge in [-0.25, -0.2) is 4.39 Å². The molecule has 2 rings (SSSR count). The first-order valence-electron chi connectivity index (χ1n) is 6.82. The molecule has 20 heavy (non-hydrogen) atoms. The van der Waals surface area contributed by atoms with Crippen LogP contribution in [0.3, 0.4) is 0 Å². The van der Waals surface area contributed by atoms with Crippen molar-refractivity contribution >= 4 is 29.9 Å². The highest BCUT2D eigenvalue weighted by Crippen LogP contribution is 2.48. The van der Waals surface area contributed by atoms with E-state index >= 15 is 0 Å². The number of nitrogens with one attached hydrogen (secondary N) is 1. The van der Waals surface area contributed by atoms with Crippen molar-refractivity contribution < 1.29 is 4.39 Å². The van der Waals surface area contributed by atoms with Crippen molar-refractivity contribution in [3.8, 4) is 0 Å². The van der Waals surface area contributed by atoms with Gasteiger partial charge in [0.15, 0.2) is 5.96 Å². The Morgan fingerprint density at radius 3 is 2.45 bits per heavy atom. The van der Waals surface area contributed by atoms with Crippen LogP contribution in [-0.2, 0) is 5.41 Å². The molecule has 0 unspecified atom stereocenters. The summed E-state index contributed by atoms with van der Waals surface area (Å²) in [6.07, 6.45) is 2.19. The second-order valence-corrected chi connectivity index (χ2v) is 5.76. The number of nitrogens with zero attached hydrogens (tertiary/aromatic N) is 1. The molecule has 1 aliphatic carbocycles. The first kappa shape index (κ1) is 17.2. The van der Waals surface area contributed by atoms with Crippen LogP contribution in [0.15, 0.2) is 29.3 Å². The topological polar surface area (TPSA) is 50.4 Å². The molecule has 3 nitrogen and oxygen atoms in total. The summed E-state index contributed by atoms with van der Waals surface area (Å²) >= 11 is 0. The molecule has 0 radical (unpaired) electrons. The molecule has 1 aliphatic rings. The molecular formula is C15H23FIN3. The summed E-state index contributed by atoms with van der Waals surface area (Å²) in [7, 11) is 0. The van der Waals surface area contributed by atoms with Crippen molar-refractivity contribution in [1.82, 2.24) is 5.32 Å². The highest BCUT2D eigenvalue weighted by atomic mass is 127. The molecule has 0 atom stereocenters. The highest BCUT2D eigenvalue weighted by molar-refractivity contribution is 14.0. The molecule has 112 valence electrons. The van der Waals surface area contributed by atoms with Crippen molar-refractivity contribution in [2.75, 3.05) is 13.1 Å². The number of nitrogens with two attached hydrogens (primary N) is 1. The lowest BCUT2D eigenvalue weighted by Gasteiger charge is -2.14. The van der Waals surface area contributed by atoms with Crippen LogP contribution < -0.4 is 11.1 Å². The largest absolute Gasteiger partial charge is 0.370 e. The SMILES string of the molecule is CC(C)CNC(N)=NCC1(c2ccc(F)cc2)CC1.I. The molecular weight excluding hydrogens is 368 g/mol. The third kappa shape index (κ3) is 4.61. The van der Waals surface area contributed by atoms with Crippen molar-refractivity contribution in [2.45, 2.75) is 32.1 Å². The molecule has 1 fully saturated rings. The normalized spacial score (nSPS) is 16.7. The van der Waals surface area contributed by atoms with E-state index in [0.29, 0.717) is 18.4 Å². The zero-order valence-electron chi connectivity index (χ0n) is 12.0. The number of benzene rings is 1. The van der Waals surface area contributed by atoms with Crippen LogP contribution in [0.1, 0.15) is 32.3 Å². The minimum absolute atomic E-state index is 0. The zero-order chi connectivity index (χ0) is 13.9. The van der Waals surface area contributed by atoms with Gasteiger partial charge in [-0.15, -0.1) is 24.0 Å². The Labute approximate surface area is 137 Å². The standard InChI is InChI=1S/C15H22FN3.HI/c1-11(2)9-18-14(17)19-10-15(7-8-15)12-3-5-13(16)6-4-12;/h3-6,11H,7-10H2,1-2H3,(H3,17,18,19);1H. The van der Waals surface area contributed by atoms with E-state index in [-0.39, 0.29) is 35.2 Å². The molecule has 0 amide bonds. The maximum absolute atomic E-state index is 12.9. The van der Waals surface area contributed by atoms with Crippen LogP contribution in [0.2, 0.25) is 0 Å². The molecule has 0 aromatic heterocycles. The van der Waals surface area contributed by atoms with E-state index in [4.69, 9.17) is 5.73 Å². The van der Waals surface area contributed by atoms with E-state index in [1.807, 2.05) is 12.1 Å². The van der Waals surface area contributed by atoms with Crippen LogP contribution in [-0.4, -0.2) is 19.0 Å². The molecule has 0 saturated heterocycles. The van der Waals surface area contributed by atoms with E-state index in [9.17, 15) is 4.39 Å². The Hall–Kier alpha value is -0.850. The Balaban J connectivity index is 0.00000200. The molecule has 1 aromatic carbocycles. The number of halogens is 2. The monoisotopic (exact) mass is 391 g/mol. The van der Waals surface area contributed by atoms with E-state index in [1.54, 1.807) is 0 Å². The van der Waals surface area contributed by atoms with Gasteiger partial charge >= 0.3 is 0 Å². The Kier molecular flexibility index (Phi) is 6.23. The summed E-state index contributed by atoms with van der Waals surface area (Å²) in [5.74, 6) is 0.851. The van der Waals surface area contributed by atoms with Crippen LogP contribution in [0, 0.1) is 11.7 Å². The Bertz CT molecular complexity index is 453. The molecule has 3 N–H and O–H groups in total. The second-order valence-electron chi connectivity index (χ2n) is 5.76. The first-order valence-corrected chi connectivity index (χ1v) is 6.82. The maximum atomic E-state index is 12.9. The number of rotatable bonds is 5. The van der Waals surface area contributed by atoms with Gasteiger partial charge in [-0.05, 0) is 36.5 Å². The lowest BCUT2D eigenvalue weighted by Crippen LogP contribution is -2.35. The highest BCUT2D eigenvalue weighted by Gasteiger charge is 2.44. The number of guanidine groups is 1. The lowest BCUT2D eigenvalue weighted by atomic mass is 9.96. The minimum atomic E-state index is -0.193. The third-order valence-corrected chi connectivity index (χ3v) is 3.55.